The Bertz CT molecular complexity index is 1010. The maximum absolute atomic E-state index is 10.9. The number of fused-ring (bicyclic) bond motifs is 1. The molecule has 3 aromatic rings. The number of rotatable bonds is 5. The Morgan fingerprint density at radius 3 is 2.39 bits per heavy atom. The second-order valence-corrected chi connectivity index (χ2v) is 9.66. The predicted octanol–water partition coefficient (Wildman–Crippen LogP) is 7.15. The summed E-state index contributed by atoms with van der Waals surface area (Å²) >= 11 is 0. The molecule has 2 nitrogen and oxygen atoms in total. The van der Waals surface area contributed by atoms with Crippen LogP contribution in [0.4, 0.5) is 5.69 Å². The Kier molecular flexibility index (Phi) is 5.75. The highest BCUT2D eigenvalue weighted by Gasteiger charge is 2.33. The van der Waals surface area contributed by atoms with Crippen molar-refractivity contribution in [2.75, 3.05) is 11.4 Å². The van der Waals surface area contributed by atoms with Crippen LogP contribution in [0.25, 0.3) is 10.8 Å². The third kappa shape index (κ3) is 3.99. The molecular weight excluding hydrogens is 378 g/mol. The van der Waals surface area contributed by atoms with Crippen LogP contribution in [0.15, 0.2) is 66.7 Å². The third-order valence-corrected chi connectivity index (χ3v) is 7.85. The number of hydrogen-bond donors (Lipinski definition) is 1. The van der Waals surface area contributed by atoms with Gasteiger partial charge in [0.15, 0.2) is 0 Å². The summed E-state index contributed by atoms with van der Waals surface area (Å²) in [5, 5.41) is 13.6. The summed E-state index contributed by atoms with van der Waals surface area (Å²) < 4.78 is 0. The molecule has 0 aromatic heterocycles. The first kappa shape index (κ1) is 20.6. The second kappa shape index (κ2) is 8.67. The summed E-state index contributed by atoms with van der Waals surface area (Å²) in [5.41, 5.74) is 3.36. The van der Waals surface area contributed by atoms with Crippen molar-refractivity contribution in [2.45, 2.75) is 75.9 Å². The lowest BCUT2D eigenvalue weighted by Gasteiger charge is -2.39. The summed E-state index contributed by atoms with van der Waals surface area (Å²) in [6, 6.07) is 25.1. The van der Waals surface area contributed by atoms with Crippen LogP contribution in [0.2, 0.25) is 0 Å². The topological polar surface area (TPSA) is 23.5 Å². The van der Waals surface area contributed by atoms with E-state index in [1.54, 1.807) is 0 Å². The van der Waals surface area contributed by atoms with Gasteiger partial charge in [0.1, 0.15) is 0 Å². The Morgan fingerprint density at radius 1 is 0.871 bits per heavy atom. The zero-order valence-electron chi connectivity index (χ0n) is 18.8. The smallest absolute Gasteiger partial charge is 0.0896 e. The van der Waals surface area contributed by atoms with E-state index in [2.05, 4.69) is 78.6 Å². The van der Waals surface area contributed by atoms with E-state index in [1.165, 1.54) is 47.7 Å². The molecule has 0 amide bonds. The van der Waals surface area contributed by atoms with Gasteiger partial charge in [-0.1, -0.05) is 79.9 Å². The molecule has 0 spiro atoms. The van der Waals surface area contributed by atoms with Gasteiger partial charge in [-0.05, 0) is 67.5 Å². The maximum atomic E-state index is 10.9. The molecule has 0 radical (unpaired) electrons. The standard InChI is InChI=1S/C29H35NO/c1-2-30(28-14-8-10-23-9-3-4-13-27(23)28)26-12-7-11-24(21-26)22-15-17-25(18-16-22)29(31)19-5-6-20-29/h3-4,8-10,13-18,24,26,31H,2,5-7,11-12,19-21H2,1H3. The number of aliphatic hydroxyl groups is 1. The predicted molar refractivity (Wildman–Crippen MR) is 131 cm³/mol. The van der Waals surface area contributed by atoms with Crippen LogP contribution in [-0.2, 0) is 5.60 Å². The molecule has 0 saturated heterocycles. The van der Waals surface area contributed by atoms with Gasteiger partial charge in [0.2, 0.25) is 0 Å². The van der Waals surface area contributed by atoms with Crippen molar-refractivity contribution in [2.24, 2.45) is 0 Å². The Labute approximate surface area is 186 Å². The fourth-order valence-corrected chi connectivity index (χ4v) is 6.15. The Hall–Kier alpha value is -2.32. The molecule has 31 heavy (non-hydrogen) atoms. The average Bonchev–Trinajstić information content (AvgIpc) is 3.28. The highest BCUT2D eigenvalue weighted by Crippen LogP contribution is 2.41. The van der Waals surface area contributed by atoms with E-state index in [9.17, 15) is 5.11 Å². The highest BCUT2D eigenvalue weighted by atomic mass is 16.3. The molecule has 2 saturated carbocycles. The lowest BCUT2D eigenvalue weighted by molar-refractivity contribution is 0.0444. The van der Waals surface area contributed by atoms with Gasteiger partial charge >= 0.3 is 0 Å². The molecule has 2 fully saturated rings. The minimum absolute atomic E-state index is 0.577. The fraction of sp³-hybridized carbons (Fsp3) is 0.448. The molecule has 2 atom stereocenters. The third-order valence-electron chi connectivity index (χ3n) is 7.85. The van der Waals surface area contributed by atoms with Crippen LogP contribution in [0.5, 0.6) is 0 Å². The first-order valence-electron chi connectivity index (χ1n) is 12.3. The summed E-state index contributed by atoms with van der Waals surface area (Å²) in [6.45, 7) is 3.33. The van der Waals surface area contributed by atoms with Crippen LogP contribution >= 0.6 is 0 Å². The molecule has 2 heteroatoms. The monoisotopic (exact) mass is 413 g/mol. The lowest BCUT2D eigenvalue weighted by Crippen LogP contribution is -2.38. The highest BCUT2D eigenvalue weighted by molar-refractivity contribution is 5.94. The van der Waals surface area contributed by atoms with Gasteiger partial charge in [-0.2, -0.15) is 0 Å². The van der Waals surface area contributed by atoms with Gasteiger partial charge in [-0.25, -0.2) is 0 Å². The van der Waals surface area contributed by atoms with Crippen molar-refractivity contribution in [1.82, 2.24) is 0 Å². The molecule has 0 bridgehead atoms. The van der Waals surface area contributed by atoms with Gasteiger partial charge < -0.3 is 10.0 Å². The van der Waals surface area contributed by atoms with E-state index in [0.29, 0.717) is 12.0 Å². The van der Waals surface area contributed by atoms with E-state index in [4.69, 9.17) is 0 Å². The molecule has 2 aliphatic carbocycles. The molecule has 5 rings (SSSR count). The molecule has 0 heterocycles. The van der Waals surface area contributed by atoms with Crippen molar-refractivity contribution in [3.05, 3.63) is 77.9 Å². The van der Waals surface area contributed by atoms with E-state index < -0.39 is 5.60 Å². The van der Waals surface area contributed by atoms with Gasteiger partial charge in [0.05, 0.1) is 5.60 Å². The minimum Gasteiger partial charge on any atom is -0.385 e. The van der Waals surface area contributed by atoms with Gasteiger partial charge in [-0.3, -0.25) is 0 Å². The summed E-state index contributed by atoms with van der Waals surface area (Å²) in [4.78, 5) is 2.64. The Balaban J connectivity index is 1.37. The molecule has 3 aromatic carbocycles. The molecule has 0 aliphatic heterocycles. The fourth-order valence-electron chi connectivity index (χ4n) is 6.15. The largest absolute Gasteiger partial charge is 0.385 e. The minimum atomic E-state index is -0.582. The van der Waals surface area contributed by atoms with E-state index in [1.807, 2.05) is 0 Å². The maximum Gasteiger partial charge on any atom is 0.0896 e. The average molecular weight is 414 g/mol. The van der Waals surface area contributed by atoms with Crippen molar-refractivity contribution < 1.29 is 5.11 Å². The zero-order valence-corrected chi connectivity index (χ0v) is 18.8. The van der Waals surface area contributed by atoms with Crippen LogP contribution in [0.1, 0.15) is 75.3 Å². The van der Waals surface area contributed by atoms with Crippen LogP contribution in [-0.4, -0.2) is 17.7 Å². The van der Waals surface area contributed by atoms with Crippen LogP contribution in [0, 0.1) is 0 Å². The van der Waals surface area contributed by atoms with Crippen LogP contribution in [0.3, 0.4) is 0 Å². The zero-order chi connectivity index (χ0) is 21.3. The van der Waals surface area contributed by atoms with Crippen molar-refractivity contribution in [3.63, 3.8) is 0 Å². The molecular formula is C29H35NO. The van der Waals surface area contributed by atoms with E-state index in [0.717, 1.165) is 37.8 Å². The molecule has 162 valence electrons. The number of nitrogens with zero attached hydrogens (tertiary/aromatic N) is 1. The number of anilines is 1. The molecule has 2 aliphatic rings. The van der Waals surface area contributed by atoms with E-state index in [-0.39, 0.29) is 0 Å². The first-order chi connectivity index (χ1) is 15.2. The van der Waals surface area contributed by atoms with Gasteiger partial charge in [0, 0.05) is 23.7 Å². The first-order valence-corrected chi connectivity index (χ1v) is 12.3. The van der Waals surface area contributed by atoms with E-state index >= 15 is 0 Å². The lowest BCUT2D eigenvalue weighted by atomic mass is 9.79. The van der Waals surface area contributed by atoms with Crippen molar-refractivity contribution in [1.29, 1.82) is 0 Å². The number of hydrogen-bond acceptors (Lipinski definition) is 2. The normalized spacial score (nSPS) is 23.2. The summed E-state index contributed by atoms with van der Waals surface area (Å²) in [7, 11) is 0. The van der Waals surface area contributed by atoms with Crippen molar-refractivity contribution >= 4 is 16.5 Å². The number of benzene rings is 3. The van der Waals surface area contributed by atoms with Crippen molar-refractivity contribution in [3.8, 4) is 0 Å². The molecule has 2 unspecified atom stereocenters. The quantitative estimate of drug-likeness (QED) is 0.480. The Morgan fingerprint density at radius 2 is 1.61 bits per heavy atom. The van der Waals surface area contributed by atoms with Gasteiger partial charge in [0.25, 0.3) is 0 Å². The summed E-state index contributed by atoms with van der Waals surface area (Å²) in [5.74, 6) is 0.607. The second-order valence-electron chi connectivity index (χ2n) is 9.66. The molecule has 1 N–H and O–H groups in total. The summed E-state index contributed by atoms with van der Waals surface area (Å²) in [6.07, 6.45) is 9.14. The SMILES string of the molecule is CCN(c1cccc2ccccc12)C1CCCC(c2ccc(C3(O)CCCC3)cc2)C1. The van der Waals surface area contributed by atoms with Crippen LogP contribution < -0.4 is 4.90 Å². The van der Waals surface area contributed by atoms with Gasteiger partial charge in [-0.15, -0.1) is 0 Å².